The van der Waals surface area contributed by atoms with Gasteiger partial charge in [0.2, 0.25) is 5.91 Å². The SMILES string of the molecule is CC(C(=O)Nc1ccccc1-n1ccnc1)C1OCCc2sccc21. The van der Waals surface area contributed by atoms with Crippen LogP contribution in [0, 0.1) is 5.92 Å². The van der Waals surface area contributed by atoms with Gasteiger partial charge in [0, 0.05) is 23.7 Å². The van der Waals surface area contributed by atoms with E-state index in [9.17, 15) is 4.79 Å². The van der Waals surface area contributed by atoms with Crippen molar-refractivity contribution in [2.24, 2.45) is 5.92 Å². The van der Waals surface area contributed by atoms with Gasteiger partial charge < -0.3 is 14.6 Å². The lowest BCUT2D eigenvalue weighted by Crippen LogP contribution is -2.30. The minimum Gasteiger partial charge on any atom is -0.372 e. The van der Waals surface area contributed by atoms with Crippen molar-refractivity contribution in [3.63, 3.8) is 0 Å². The monoisotopic (exact) mass is 353 g/mol. The Morgan fingerprint density at radius 3 is 3.12 bits per heavy atom. The number of fused-ring (bicyclic) bond motifs is 1. The molecule has 1 aliphatic heterocycles. The Balaban J connectivity index is 1.56. The molecule has 1 amide bonds. The molecule has 6 heteroatoms. The van der Waals surface area contributed by atoms with Crippen LogP contribution >= 0.6 is 11.3 Å². The Kier molecular flexibility index (Phi) is 4.38. The molecule has 0 radical (unpaired) electrons. The molecule has 1 aromatic carbocycles. The van der Waals surface area contributed by atoms with Gasteiger partial charge >= 0.3 is 0 Å². The molecule has 0 fully saturated rings. The Labute approximate surface area is 150 Å². The van der Waals surface area contributed by atoms with Crippen LogP contribution in [0.15, 0.2) is 54.4 Å². The van der Waals surface area contributed by atoms with Gasteiger partial charge in [-0.1, -0.05) is 19.1 Å². The van der Waals surface area contributed by atoms with Crippen LogP contribution in [-0.2, 0) is 16.0 Å². The van der Waals surface area contributed by atoms with Crippen LogP contribution in [0.5, 0.6) is 0 Å². The molecule has 5 nitrogen and oxygen atoms in total. The normalized spacial score (nSPS) is 17.7. The molecule has 0 saturated heterocycles. The van der Waals surface area contributed by atoms with Gasteiger partial charge in [0.05, 0.1) is 36.3 Å². The summed E-state index contributed by atoms with van der Waals surface area (Å²) in [6.45, 7) is 2.59. The molecule has 0 saturated carbocycles. The summed E-state index contributed by atoms with van der Waals surface area (Å²) in [6.07, 6.45) is 6.04. The number of carbonyl (C=O) groups is 1. The number of carbonyl (C=O) groups excluding carboxylic acids is 1. The summed E-state index contributed by atoms with van der Waals surface area (Å²) in [5.74, 6) is -0.318. The summed E-state index contributed by atoms with van der Waals surface area (Å²) < 4.78 is 7.80. The fourth-order valence-corrected chi connectivity index (χ4v) is 4.08. The fraction of sp³-hybridized carbons (Fsp3) is 0.263. The quantitative estimate of drug-likeness (QED) is 0.776. The van der Waals surface area contributed by atoms with E-state index >= 15 is 0 Å². The third kappa shape index (κ3) is 3.10. The van der Waals surface area contributed by atoms with Crippen molar-refractivity contribution in [2.75, 3.05) is 11.9 Å². The number of rotatable bonds is 4. The lowest BCUT2D eigenvalue weighted by atomic mass is 9.94. The van der Waals surface area contributed by atoms with Crippen LogP contribution in [0.25, 0.3) is 5.69 Å². The Morgan fingerprint density at radius 2 is 2.28 bits per heavy atom. The lowest BCUT2D eigenvalue weighted by Gasteiger charge is -2.28. The number of hydrogen-bond acceptors (Lipinski definition) is 4. The lowest BCUT2D eigenvalue weighted by molar-refractivity contribution is -0.125. The second kappa shape index (κ2) is 6.82. The van der Waals surface area contributed by atoms with Gasteiger partial charge in [-0.05, 0) is 29.1 Å². The number of para-hydroxylation sites is 2. The summed E-state index contributed by atoms with van der Waals surface area (Å²) in [7, 11) is 0. The summed E-state index contributed by atoms with van der Waals surface area (Å²) in [4.78, 5) is 18.3. The van der Waals surface area contributed by atoms with Gasteiger partial charge in [-0.2, -0.15) is 0 Å². The molecule has 0 spiro atoms. The maximum atomic E-state index is 12.9. The second-order valence-corrected chi connectivity index (χ2v) is 7.11. The predicted molar refractivity (Wildman–Crippen MR) is 98.1 cm³/mol. The van der Waals surface area contributed by atoms with Crippen LogP contribution in [0.4, 0.5) is 5.69 Å². The number of nitrogens with one attached hydrogen (secondary N) is 1. The van der Waals surface area contributed by atoms with Crippen molar-refractivity contribution in [3.05, 3.63) is 64.9 Å². The molecule has 2 unspecified atom stereocenters. The number of ether oxygens (including phenoxy) is 1. The Hall–Kier alpha value is -2.44. The van der Waals surface area contributed by atoms with Crippen LogP contribution < -0.4 is 5.32 Å². The van der Waals surface area contributed by atoms with Crippen molar-refractivity contribution in [3.8, 4) is 5.69 Å². The van der Waals surface area contributed by atoms with Crippen LogP contribution in [0.3, 0.4) is 0 Å². The Morgan fingerprint density at radius 1 is 1.40 bits per heavy atom. The summed E-state index contributed by atoms with van der Waals surface area (Å²) in [5, 5.41) is 5.13. The number of amides is 1. The highest BCUT2D eigenvalue weighted by Gasteiger charge is 2.31. The smallest absolute Gasteiger partial charge is 0.230 e. The molecule has 2 aromatic heterocycles. The minimum absolute atomic E-state index is 0.0448. The zero-order valence-electron chi connectivity index (χ0n) is 13.9. The molecule has 3 aromatic rings. The van der Waals surface area contributed by atoms with Gasteiger partial charge in [0.15, 0.2) is 0 Å². The second-order valence-electron chi connectivity index (χ2n) is 6.11. The topological polar surface area (TPSA) is 56.2 Å². The number of aromatic nitrogens is 2. The van der Waals surface area contributed by atoms with Crippen molar-refractivity contribution in [1.82, 2.24) is 9.55 Å². The van der Waals surface area contributed by atoms with E-state index in [1.165, 1.54) is 4.88 Å². The molecule has 0 aliphatic carbocycles. The fourth-order valence-electron chi connectivity index (χ4n) is 3.18. The predicted octanol–water partition coefficient (Wildman–Crippen LogP) is 3.82. The average molecular weight is 353 g/mol. The van der Waals surface area contributed by atoms with E-state index in [2.05, 4.69) is 21.7 Å². The first-order valence-electron chi connectivity index (χ1n) is 8.30. The van der Waals surface area contributed by atoms with Crippen molar-refractivity contribution < 1.29 is 9.53 Å². The number of nitrogens with zero attached hydrogens (tertiary/aromatic N) is 2. The zero-order chi connectivity index (χ0) is 17.2. The van der Waals surface area contributed by atoms with Crippen LogP contribution in [-0.4, -0.2) is 22.1 Å². The van der Waals surface area contributed by atoms with Gasteiger partial charge in [-0.3, -0.25) is 4.79 Å². The first-order valence-corrected chi connectivity index (χ1v) is 9.18. The van der Waals surface area contributed by atoms with Crippen molar-refractivity contribution in [2.45, 2.75) is 19.4 Å². The third-order valence-corrected chi connectivity index (χ3v) is 5.52. The van der Waals surface area contributed by atoms with Gasteiger partial charge in [-0.15, -0.1) is 11.3 Å². The highest BCUT2D eigenvalue weighted by molar-refractivity contribution is 7.10. The molecule has 2 atom stereocenters. The number of hydrogen-bond donors (Lipinski definition) is 1. The molecule has 128 valence electrons. The molecule has 1 aliphatic rings. The summed E-state index contributed by atoms with van der Waals surface area (Å²) >= 11 is 1.74. The van der Waals surface area contributed by atoms with E-state index in [0.29, 0.717) is 6.61 Å². The molecule has 4 rings (SSSR count). The summed E-state index contributed by atoms with van der Waals surface area (Å²) in [6, 6.07) is 9.78. The molecular formula is C19H19N3O2S. The highest BCUT2D eigenvalue weighted by atomic mass is 32.1. The maximum Gasteiger partial charge on any atom is 0.230 e. The zero-order valence-corrected chi connectivity index (χ0v) is 14.7. The molecular weight excluding hydrogens is 334 g/mol. The van der Waals surface area contributed by atoms with E-state index in [-0.39, 0.29) is 17.9 Å². The Bertz CT molecular complexity index is 872. The highest BCUT2D eigenvalue weighted by Crippen LogP contribution is 2.36. The summed E-state index contributed by atoms with van der Waals surface area (Å²) in [5.41, 5.74) is 2.81. The maximum absolute atomic E-state index is 12.9. The van der Waals surface area contributed by atoms with Crippen molar-refractivity contribution in [1.29, 1.82) is 0 Å². The number of thiophene rings is 1. The number of anilines is 1. The average Bonchev–Trinajstić information content (AvgIpc) is 3.32. The van der Waals surface area contributed by atoms with Gasteiger partial charge in [-0.25, -0.2) is 4.98 Å². The van der Waals surface area contributed by atoms with E-state index in [4.69, 9.17) is 4.74 Å². The third-order valence-electron chi connectivity index (χ3n) is 4.53. The first-order chi connectivity index (χ1) is 12.2. The van der Waals surface area contributed by atoms with E-state index in [1.807, 2.05) is 42.0 Å². The van der Waals surface area contributed by atoms with Gasteiger partial charge in [0.1, 0.15) is 0 Å². The minimum atomic E-state index is -0.274. The standard InChI is InChI=1S/C19H19N3O2S/c1-13(18-14-7-11-25-17(14)6-10-24-18)19(23)21-15-4-2-3-5-16(15)22-9-8-20-12-22/h2-5,7-9,11-13,18H,6,10H2,1H3,(H,21,23). The van der Waals surface area contributed by atoms with Crippen LogP contribution in [0.1, 0.15) is 23.5 Å². The van der Waals surface area contributed by atoms with Gasteiger partial charge in [0.25, 0.3) is 0 Å². The number of imidazole rings is 1. The molecule has 3 heterocycles. The molecule has 25 heavy (non-hydrogen) atoms. The largest absolute Gasteiger partial charge is 0.372 e. The first kappa shape index (κ1) is 16.1. The van der Waals surface area contributed by atoms with E-state index in [0.717, 1.165) is 23.4 Å². The number of benzene rings is 1. The molecule has 1 N–H and O–H groups in total. The van der Waals surface area contributed by atoms with Crippen molar-refractivity contribution >= 4 is 22.9 Å². The van der Waals surface area contributed by atoms with Crippen LogP contribution in [0.2, 0.25) is 0 Å². The van der Waals surface area contributed by atoms with E-state index < -0.39 is 0 Å². The van der Waals surface area contributed by atoms with E-state index in [1.54, 1.807) is 23.9 Å². The molecule has 0 bridgehead atoms.